The zero-order chi connectivity index (χ0) is 27.5. The van der Waals surface area contributed by atoms with Crippen LogP contribution >= 0.6 is 0 Å². The lowest BCUT2D eigenvalue weighted by Gasteiger charge is -2.30. The third kappa shape index (κ3) is 4.21. The van der Waals surface area contributed by atoms with Gasteiger partial charge in [-0.25, -0.2) is 14.4 Å². The lowest BCUT2D eigenvalue weighted by atomic mass is 9.84. The first-order valence-electron chi connectivity index (χ1n) is 11.9. The molecule has 3 aromatic rings. The van der Waals surface area contributed by atoms with Crippen molar-refractivity contribution in [1.29, 1.82) is 0 Å². The molecule has 0 saturated carbocycles. The summed E-state index contributed by atoms with van der Waals surface area (Å²) in [6, 6.07) is 6.58. The van der Waals surface area contributed by atoms with Crippen LogP contribution in [-0.4, -0.2) is 47.3 Å². The van der Waals surface area contributed by atoms with E-state index in [0.29, 0.717) is 28.2 Å². The number of anilines is 2. The third-order valence-electron chi connectivity index (χ3n) is 7.05. The number of aryl methyl sites for hydroxylation is 1. The van der Waals surface area contributed by atoms with Crippen molar-refractivity contribution in [3.05, 3.63) is 58.7 Å². The van der Waals surface area contributed by atoms with E-state index in [-0.39, 0.29) is 18.1 Å². The van der Waals surface area contributed by atoms with Gasteiger partial charge in [0.25, 0.3) is 0 Å². The number of carbonyl (C=O) groups is 1. The maximum Gasteiger partial charge on any atom is 0.303 e. The molecule has 1 aliphatic heterocycles. The molecule has 2 aromatic carbocycles. The van der Waals surface area contributed by atoms with Crippen molar-refractivity contribution in [2.75, 3.05) is 31.0 Å². The highest BCUT2D eigenvalue weighted by molar-refractivity contribution is 6.10. The largest absolute Gasteiger partial charge is 0.384 e. The van der Waals surface area contributed by atoms with Gasteiger partial charge in [-0.3, -0.25) is 4.79 Å². The first kappa shape index (κ1) is 26.8. The van der Waals surface area contributed by atoms with E-state index in [0.717, 1.165) is 25.5 Å². The smallest absolute Gasteiger partial charge is 0.303 e. The fourth-order valence-corrected chi connectivity index (χ4v) is 4.87. The molecule has 7 nitrogen and oxygen atoms in total. The molecule has 4 rings (SSSR count). The molecule has 1 amide bonds. The first-order valence-corrected chi connectivity index (χ1v) is 11.9. The summed E-state index contributed by atoms with van der Waals surface area (Å²) >= 11 is 0. The van der Waals surface area contributed by atoms with E-state index in [1.165, 1.54) is 19.2 Å². The Morgan fingerprint density at radius 1 is 1.24 bits per heavy atom. The topological polar surface area (TPSA) is 87.6 Å². The van der Waals surface area contributed by atoms with Crippen LogP contribution in [0.2, 0.25) is 0 Å². The van der Waals surface area contributed by atoms with E-state index in [1.54, 1.807) is 31.9 Å². The standard InChI is InChI=1S/C27H31F3N4O3/c1-14(16-9-8-10-18(22(16)28)27(29,30)25(3,4)36)31-23-17-11-19-21(12-20(17)32-15(2)33-23)34(6)24(35)26(19,5)13-37-7/h8-12,14,36H,13H2,1-7H3,(H,31,32,33)/t14-,26+/m1/s1. The summed E-state index contributed by atoms with van der Waals surface area (Å²) in [5.41, 5.74) is -2.23. The Balaban J connectivity index is 1.81. The van der Waals surface area contributed by atoms with Crippen LogP contribution in [0, 0.1) is 12.7 Å². The molecule has 37 heavy (non-hydrogen) atoms. The highest BCUT2D eigenvalue weighted by Crippen LogP contribution is 2.45. The van der Waals surface area contributed by atoms with Crippen molar-refractivity contribution in [3.8, 4) is 0 Å². The van der Waals surface area contributed by atoms with Gasteiger partial charge in [-0.1, -0.05) is 12.1 Å². The average molecular weight is 517 g/mol. The van der Waals surface area contributed by atoms with Crippen LogP contribution in [0.15, 0.2) is 30.3 Å². The van der Waals surface area contributed by atoms with Crippen molar-refractivity contribution >= 4 is 28.3 Å². The Bertz CT molecular complexity index is 1390. The molecule has 2 N–H and O–H groups in total. The number of fused-ring (bicyclic) bond motifs is 2. The molecule has 10 heteroatoms. The van der Waals surface area contributed by atoms with Gasteiger partial charge in [0.1, 0.15) is 23.1 Å². The second kappa shape index (κ2) is 8.95. The number of aromatic nitrogens is 2. The molecule has 0 unspecified atom stereocenters. The van der Waals surface area contributed by atoms with Gasteiger partial charge >= 0.3 is 5.92 Å². The number of likely N-dealkylation sites (N-methyl/N-ethyl adjacent to an activating group) is 1. The first-order chi connectivity index (χ1) is 17.1. The van der Waals surface area contributed by atoms with Crippen LogP contribution in [0.1, 0.15) is 56.3 Å². The van der Waals surface area contributed by atoms with Gasteiger partial charge in [0.05, 0.1) is 29.1 Å². The van der Waals surface area contributed by atoms with Gasteiger partial charge in [-0.15, -0.1) is 0 Å². The monoisotopic (exact) mass is 516 g/mol. The quantitative estimate of drug-likeness (QED) is 0.460. The van der Waals surface area contributed by atoms with Crippen molar-refractivity contribution in [2.24, 2.45) is 0 Å². The van der Waals surface area contributed by atoms with Gasteiger partial charge in [0.2, 0.25) is 5.91 Å². The van der Waals surface area contributed by atoms with E-state index >= 15 is 4.39 Å². The molecule has 0 bridgehead atoms. The molecule has 0 spiro atoms. The summed E-state index contributed by atoms with van der Waals surface area (Å²) in [7, 11) is 3.23. The number of hydrogen-bond acceptors (Lipinski definition) is 6. The minimum absolute atomic E-state index is 0.00821. The summed E-state index contributed by atoms with van der Waals surface area (Å²) in [4.78, 5) is 23.7. The van der Waals surface area contributed by atoms with E-state index < -0.39 is 34.4 Å². The average Bonchev–Trinajstić information content (AvgIpc) is 2.98. The lowest BCUT2D eigenvalue weighted by molar-refractivity contribution is -0.170. The number of methoxy groups -OCH3 is 1. The molecule has 0 saturated heterocycles. The summed E-state index contributed by atoms with van der Waals surface area (Å²) in [6.45, 7) is 7.20. The van der Waals surface area contributed by atoms with E-state index in [2.05, 4.69) is 15.3 Å². The number of hydrogen-bond donors (Lipinski definition) is 2. The van der Waals surface area contributed by atoms with Crippen LogP contribution < -0.4 is 10.2 Å². The molecule has 0 radical (unpaired) electrons. The van der Waals surface area contributed by atoms with Crippen molar-refractivity contribution in [3.63, 3.8) is 0 Å². The Morgan fingerprint density at radius 3 is 2.54 bits per heavy atom. The fraction of sp³-hybridized carbons (Fsp3) is 0.444. The Morgan fingerprint density at radius 2 is 1.92 bits per heavy atom. The minimum atomic E-state index is -3.81. The van der Waals surface area contributed by atoms with E-state index in [4.69, 9.17) is 4.74 Å². The zero-order valence-electron chi connectivity index (χ0n) is 21.9. The zero-order valence-corrected chi connectivity index (χ0v) is 21.9. The van der Waals surface area contributed by atoms with Crippen LogP contribution in [0.4, 0.5) is 24.7 Å². The molecular weight excluding hydrogens is 485 g/mol. The number of carbonyl (C=O) groups excluding carboxylic acids is 1. The molecule has 1 aliphatic rings. The number of halogens is 3. The molecule has 2 heterocycles. The van der Waals surface area contributed by atoms with Gasteiger partial charge < -0.3 is 20.1 Å². The predicted octanol–water partition coefficient (Wildman–Crippen LogP) is 4.99. The molecule has 0 fully saturated rings. The number of rotatable bonds is 7. The second-order valence-corrected chi connectivity index (χ2v) is 10.3. The SMILES string of the molecule is COC[C@]1(C)C(=O)N(C)c2cc3nc(C)nc(N[C@H](C)c4cccc(C(F)(F)C(C)(C)O)c4F)c3cc21. The van der Waals surface area contributed by atoms with Gasteiger partial charge in [0.15, 0.2) is 0 Å². The number of aliphatic hydroxyl groups is 1. The van der Waals surface area contributed by atoms with Crippen molar-refractivity contribution in [2.45, 2.75) is 57.6 Å². The maximum absolute atomic E-state index is 15.4. The number of benzene rings is 2. The summed E-state index contributed by atoms with van der Waals surface area (Å²) in [5.74, 6) is -4.21. The van der Waals surface area contributed by atoms with Crippen LogP contribution in [0.5, 0.6) is 0 Å². The maximum atomic E-state index is 15.4. The third-order valence-corrected chi connectivity index (χ3v) is 7.05. The number of nitrogens with zero attached hydrogens (tertiary/aromatic N) is 3. The Kier molecular flexibility index (Phi) is 6.49. The number of alkyl halides is 2. The van der Waals surface area contributed by atoms with Crippen LogP contribution in [0.3, 0.4) is 0 Å². The second-order valence-electron chi connectivity index (χ2n) is 10.3. The van der Waals surface area contributed by atoms with Gasteiger partial charge in [0, 0.05) is 30.8 Å². The molecule has 1 aromatic heterocycles. The van der Waals surface area contributed by atoms with Crippen LogP contribution in [0.25, 0.3) is 10.9 Å². The Hall–Kier alpha value is -3.24. The highest BCUT2D eigenvalue weighted by atomic mass is 19.3. The van der Waals surface area contributed by atoms with Gasteiger partial charge in [-0.05, 0) is 58.4 Å². The minimum Gasteiger partial charge on any atom is -0.384 e. The normalized spacial score (nSPS) is 18.9. The summed E-state index contributed by atoms with van der Waals surface area (Å²) in [6.07, 6.45) is 0. The number of amides is 1. The molecular formula is C27H31F3N4O3. The van der Waals surface area contributed by atoms with Crippen molar-refractivity contribution in [1.82, 2.24) is 9.97 Å². The van der Waals surface area contributed by atoms with Crippen molar-refractivity contribution < 1.29 is 27.8 Å². The lowest BCUT2D eigenvalue weighted by Crippen LogP contribution is -2.41. The van der Waals surface area contributed by atoms with Gasteiger partial charge in [-0.2, -0.15) is 8.78 Å². The molecule has 0 aliphatic carbocycles. The predicted molar refractivity (Wildman–Crippen MR) is 136 cm³/mol. The fourth-order valence-electron chi connectivity index (χ4n) is 4.87. The van der Waals surface area contributed by atoms with E-state index in [9.17, 15) is 18.7 Å². The molecule has 2 atom stereocenters. The van der Waals surface area contributed by atoms with E-state index in [1.807, 2.05) is 13.0 Å². The van der Waals surface area contributed by atoms with Crippen LogP contribution in [-0.2, 0) is 20.9 Å². The summed E-state index contributed by atoms with van der Waals surface area (Å²) < 4.78 is 50.3. The number of ether oxygens (including phenoxy) is 1. The number of nitrogens with one attached hydrogen (secondary N) is 1. The Labute approximate surface area is 213 Å². The highest BCUT2D eigenvalue weighted by Gasteiger charge is 2.49. The summed E-state index contributed by atoms with van der Waals surface area (Å²) in [5, 5.41) is 13.7. The molecule has 198 valence electrons.